The maximum atomic E-state index is 12.3. The summed E-state index contributed by atoms with van der Waals surface area (Å²) in [5.41, 5.74) is 5.02. The molecule has 1 fully saturated rings. The van der Waals surface area contributed by atoms with Crippen molar-refractivity contribution < 1.29 is 13.2 Å². The van der Waals surface area contributed by atoms with Crippen LogP contribution in [-0.2, 0) is 14.8 Å². The van der Waals surface area contributed by atoms with E-state index in [2.05, 4.69) is 20.2 Å². The average Bonchev–Trinajstić information content (AvgIpc) is 3.10. The van der Waals surface area contributed by atoms with Crippen molar-refractivity contribution in [3.8, 4) is 0 Å². The molecule has 20 heavy (non-hydrogen) atoms. The molecule has 1 aromatic heterocycles. The van der Waals surface area contributed by atoms with Crippen LogP contribution >= 0.6 is 11.3 Å². The van der Waals surface area contributed by atoms with Crippen LogP contribution in [0.4, 0.5) is 5.13 Å². The van der Waals surface area contributed by atoms with Gasteiger partial charge in [0.15, 0.2) is 0 Å². The standard InChI is InChI=1S/C10H17N5O3S2/c1-6(16)12-8-13-14-9(19-8)20(17,18)15-10(2,5-11)7-3-4-7/h7,15H,3-5,11H2,1-2H3,(H,12,13,16). The van der Waals surface area contributed by atoms with Gasteiger partial charge in [-0.15, -0.1) is 10.2 Å². The first-order valence-electron chi connectivity index (χ1n) is 6.12. The number of rotatable bonds is 6. The van der Waals surface area contributed by atoms with Crippen molar-refractivity contribution >= 4 is 32.4 Å². The first-order chi connectivity index (χ1) is 9.27. The van der Waals surface area contributed by atoms with E-state index in [-0.39, 0.29) is 27.8 Å². The van der Waals surface area contributed by atoms with Crippen molar-refractivity contribution in [3.05, 3.63) is 0 Å². The van der Waals surface area contributed by atoms with E-state index in [1.165, 1.54) is 6.92 Å². The highest BCUT2D eigenvalue weighted by Crippen LogP contribution is 2.39. The van der Waals surface area contributed by atoms with E-state index in [4.69, 9.17) is 5.73 Å². The molecular weight excluding hydrogens is 302 g/mol. The molecule has 8 nitrogen and oxygen atoms in total. The highest BCUT2D eigenvalue weighted by Gasteiger charge is 2.44. The molecule has 1 aliphatic carbocycles. The van der Waals surface area contributed by atoms with Crippen LogP contribution in [0.3, 0.4) is 0 Å². The Labute approximate surface area is 121 Å². The third kappa shape index (κ3) is 3.32. The van der Waals surface area contributed by atoms with Gasteiger partial charge in [-0.05, 0) is 25.7 Å². The van der Waals surface area contributed by atoms with Gasteiger partial charge in [-0.3, -0.25) is 4.79 Å². The Bertz CT molecular complexity index is 610. The summed E-state index contributed by atoms with van der Waals surface area (Å²) in [4.78, 5) is 10.9. The molecule has 4 N–H and O–H groups in total. The zero-order valence-corrected chi connectivity index (χ0v) is 12.8. The molecule has 0 saturated heterocycles. The lowest BCUT2D eigenvalue weighted by atomic mass is 9.98. The monoisotopic (exact) mass is 319 g/mol. The first kappa shape index (κ1) is 15.3. The minimum absolute atomic E-state index is 0.152. The van der Waals surface area contributed by atoms with Crippen LogP contribution in [0.25, 0.3) is 0 Å². The number of hydrogen-bond acceptors (Lipinski definition) is 7. The number of nitrogens with zero attached hydrogens (tertiary/aromatic N) is 2. The number of nitrogens with two attached hydrogens (primary N) is 1. The number of nitrogens with one attached hydrogen (secondary N) is 2. The third-order valence-corrected chi connectivity index (χ3v) is 6.01. The fraction of sp³-hybridized carbons (Fsp3) is 0.700. The number of sulfonamides is 1. The Balaban J connectivity index is 2.17. The van der Waals surface area contributed by atoms with Crippen molar-refractivity contribution in [2.24, 2.45) is 11.7 Å². The molecule has 0 aromatic carbocycles. The van der Waals surface area contributed by atoms with E-state index >= 15 is 0 Å². The average molecular weight is 319 g/mol. The van der Waals surface area contributed by atoms with Gasteiger partial charge in [-0.1, -0.05) is 11.3 Å². The first-order valence-corrected chi connectivity index (χ1v) is 8.42. The molecule has 1 amide bonds. The number of anilines is 1. The maximum absolute atomic E-state index is 12.3. The van der Waals surface area contributed by atoms with Gasteiger partial charge < -0.3 is 11.1 Å². The Morgan fingerprint density at radius 2 is 2.15 bits per heavy atom. The second kappa shape index (κ2) is 5.35. The number of carbonyl (C=O) groups excluding carboxylic acids is 1. The smallest absolute Gasteiger partial charge is 0.270 e. The van der Waals surface area contributed by atoms with E-state index in [0.29, 0.717) is 0 Å². The summed E-state index contributed by atoms with van der Waals surface area (Å²) in [6.07, 6.45) is 1.92. The molecule has 10 heteroatoms. The van der Waals surface area contributed by atoms with Crippen molar-refractivity contribution in [3.63, 3.8) is 0 Å². The number of carbonyl (C=O) groups is 1. The van der Waals surface area contributed by atoms with E-state index < -0.39 is 15.6 Å². The normalized spacial score (nSPS) is 18.6. The molecule has 1 saturated carbocycles. The van der Waals surface area contributed by atoms with Gasteiger partial charge in [0.05, 0.1) is 0 Å². The van der Waals surface area contributed by atoms with E-state index in [1.54, 1.807) is 6.92 Å². The van der Waals surface area contributed by atoms with Gasteiger partial charge in [-0.2, -0.15) is 0 Å². The molecule has 0 bridgehead atoms. The lowest BCUT2D eigenvalue weighted by Crippen LogP contribution is -2.52. The van der Waals surface area contributed by atoms with Gasteiger partial charge in [0.25, 0.3) is 10.0 Å². The molecule has 1 heterocycles. The molecule has 1 aromatic rings. The molecule has 1 aliphatic rings. The SMILES string of the molecule is CC(=O)Nc1nnc(S(=O)(=O)NC(C)(CN)C2CC2)s1. The molecule has 1 unspecified atom stereocenters. The summed E-state index contributed by atoms with van der Waals surface area (Å²) in [6, 6.07) is 0. The third-order valence-electron chi connectivity index (χ3n) is 3.19. The van der Waals surface area contributed by atoms with Gasteiger partial charge in [0, 0.05) is 19.0 Å². The Kier molecular flexibility index (Phi) is 4.09. The summed E-state index contributed by atoms with van der Waals surface area (Å²) in [5.74, 6) is -0.0761. The van der Waals surface area contributed by atoms with Gasteiger partial charge in [0.1, 0.15) is 0 Å². The molecular formula is C10H17N5O3S2. The topological polar surface area (TPSA) is 127 Å². The highest BCUT2D eigenvalue weighted by molar-refractivity contribution is 7.91. The lowest BCUT2D eigenvalue weighted by Gasteiger charge is -2.28. The van der Waals surface area contributed by atoms with E-state index in [1.807, 2.05) is 0 Å². The second-order valence-corrected chi connectivity index (χ2v) is 7.89. The van der Waals surface area contributed by atoms with Crippen LogP contribution in [-0.4, -0.2) is 36.6 Å². The second-order valence-electron chi connectivity index (χ2n) is 5.06. The molecule has 2 rings (SSSR count). The van der Waals surface area contributed by atoms with Crippen molar-refractivity contribution in [2.45, 2.75) is 36.6 Å². The molecule has 1 atom stereocenters. The van der Waals surface area contributed by atoms with Gasteiger partial charge >= 0.3 is 0 Å². The Morgan fingerprint density at radius 1 is 1.50 bits per heavy atom. The van der Waals surface area contributed by atoms with Crippen molar-refractivity contribution in [1.29, 1.82) is 0 Å². The summed E-state index contributed by atoms with van der Waals surface area (Å²) in [5, 5.41) is 9.78. The fourth-order valence-electron chi connectivity index (χ4n) is 1.88. The van der Waals surface area contributed by atoms with Gasteiger partial charge in [0.2, 0.25) is 15.4 Å². The largest absolute Gasteiger partial charge is 0.329 e. The number of amides is 1. The lowest BCUT2D eigenvalue weighted by molar-refractivity contribution is -0.114. The maximum Gasteiger partial charge on any atom is 0.270 e. The van der Waals surface area contributed by atoms with E-state index in [9.17, 15) is 13.2 Å². The molecule has 112 valence electrons. The molecule has 0 spiro atoms. The Hall–Kier alpha value is -1.10. The molecule has 0 aliphatic heterocycles. The predicted octanol–water partition coefficient (Wildman–Crippen LogP) is -0.0978. The van der Waals surface area contributed by atoms with Crippen LogP contribution in [0, 0.1) is 5.92 Å². The van der Waals surface area contributed by atoms with Crippen LogP contribution in [0.2, 0.25) is 0 Å². The van der Waals surface area contributed by atoms with Gasteiger partial charge in [-0.25, -0.2) is 13.1 Å². The van der Waals surface area contributed by atoms with Crippen LogP contribution < -0.4 is 15.8 Å². The van der Waals surface area contributed by atoms with Crippen molar-refractivity contribution in [1.82, 2.24) is 14.9 Å². The van der Waals surface area contributed by atoms with Crippen LogP contribution in [0.15, 0.2) is 4.34 Å². The fourth-order valence-corrected chi connectivity index (χ4v) is 4.31. The zero-order chi connectivity index (χ0) is 15.0. The predicted molar refractivity (Wildman–Crippen MR) is 74.7 cm³/mol. The van der Waals surface area contributed by atoms with Crippen LogP contribution in [0.5, 0.6) is 0 Å². The minimum atomic E-state index is -3.79. The summed E-state index contributed by atoms with van der Waals surface area (Å²) < 4.78 is 27.0. The minimum Gasteiger partial charge on any atom is -0.329 e. The van der Waals surface area contributed by atoms with Crippen molar-refractivity contribution in [2.75, 3.05) is 11.9 Å². The zero-order valence-electron chi connectivity index (χ0n) is 11.2. The summed E-state index contributed by atoms with van der Waals surface area (Å²) in [7, 11) is -3.79. The number of aromatic nitrogens is 2. The van der Waals surface area contributed by atoms with E-state index in [0.717, 1.165) is 24.2 Å². The Morgan fingerprint density at radius 3 is 2.65 bits per heavy atom. The quantitative estimate of drug-likeness (QED) is 0.628. The molecule has 0 radical (unpaired) electrons. The summed E-state index contributed by atoms with van der Waals surface area (Å²) >= 11 is 0.806. The van der Waals surface area contributed by atoms with Crippen LogP contribution in [0.1, 0.15) is 26.7 Å². The summed E-state index contributed by atoms with van der Waals surface area (Å²) in [6.45, 7) is 3.32. The number of hydrogen-bond donors (Lipinski definition) is 3. The highest BCUT2D eigenvalue weighted by atomic mass is 32.2.